The van der Waals surface area contributed by atoms with Crippen LogP contribution in [0.5, 0.6) is 0 Å². The fourth-order valence-electron chi connectivity index (χ4n) is 3.59. The van der Waals surface area contributed by atoms with Crippen molar-refractivity contribution >= 4 is 5.91 Å². The summed E-state index contributed by atoms with van der Waals surface area (Å²) in [5.74, 6) is 0.448. The summed E-state index contributed by atoms with van der Waals surface area (Å²) in [6.45, 7) is 6.35. The molecule has 0 aromatic rings. The standard InChI is InChI=1S/C15H28N2O/c1-3-15(8-4-5-9-15)11-17-14(18)13-7-6-10-16-12(13)2/h12-13,16H,3-11H2,1-2H3,(H,17,18). The van der Waals surface area contributed by atoms with E-state index in [4.69, 9.17) is 0 Å². The molecule has 1 amide bonds. The van der Waals surface area contributed by atoms with Gasteiger partial charge >= 0.3 is 0 Å². The smallest absolute Gasteiger partial charge is 0.224 e. The molecular formula is C15H28N2O. The van der Waals surface area contributed by atoms with Gasteiger partial charge in [-0.25, -0.2) is 0 Å². The number of nitrogens with one attached hydrogen (secondary N) is 2. The first-order chi connectivity index (χ1) is 8.67. The van der Waals surface area contributed by atoms with Crippen molar-refractivity contribution in [3.8, 4) is 0 Å². The Morgan fingerprint density at radius 1 is 1.33 bits per heavy atom. The second kappa shape index (κ2) is 6.05. The van der Waals surface area contributed by atoms with Crippen molar-refractivity contribution in [2.24, 2.45) is 11.3 Å². The zero-order chi connectivity index (χ0) is 13.0. The molecule has 1 aliphatic carbocycles. The minimum absolute atomic E-state index is 0.175. The Bertz CT molecular complexity index is 284. The Morgan fingerprint density at radius 3 is 2.67 bits per heavy atom. The summed E-state index contributed by atoms with van der Waals surface area (Å²) in [6, 6.07) is 0.333. The predicted molar refractivity (Wildman–Crippen MR) is 74.4 cm³/mol. The van der Waals surface area contributed by atoms with Gasteiger partial charge in [-0.1, -0.05) is 19.8 Å². The highest BCUT2D eigenvalue weighted by Crippen LogP contribution is 2.40. The first kappa shape index (κ1) is 13.9. The zero-order valence-corrected chi connectivity index (χ0v) is 11.9. The maximum Gasteiger partial charge on any atom is 0.224 e. The number of carbonyl (C=O) groups excluding carboxylic acids is 1. The number of carbonyl (C=O) groups is 1. The molecule has 0 spiro atoms. The Labute approximate surface area is 111 Å². The molecule has 18 heavy (non-hydrogen) atoms. The number of rotatable bonds is 4. The fraction of sp³-hybridized carbons (Fsp3) is 0.933. The van der Waals surface area contributed by atoms with E-state index in [1.54, 1.807) is 0 Å². The highest BCUT2D eigenvalue weighted by Gasteiger charge is 2.34. The van der Waals surface area contributed by atoms with Crippen molar-refractivity contribution in [3.05, 3.63) is 0 Å². The Morgan fingerprint density at radius 2 is 2.06 bits per heavy atom. The predicted octanol–water partition coefficient (Wildman–Crippen LogP) is 2.46. The fourth-order valence-corrected chi connectivity index (χ4v) is 3.59. The molecule has 1 heterocycles. The van der Waals surface area contributed by atoms with Crippen LogP contribution in [0, 0.1) is 11.3 Å². The van der Waals surface area contributed by atoms with E-state index < -0.39 is 0 Å². The largest absolute Gasteiger partial charge is 0.355 e. The maximum atomic E-state index is 12.3. The van der Waals surface area contributed by atoms with Crippen molar-refractivity contribution in [1.82, 2.24) is 10.6 Å². The lowest BCUT2D eigenvalue weighted by Crippen LogP contribution is -2.48. The highest BCUT2D eigenvalue weighted by atomic mass is 16.1. The molecule has 3 heteroatoms. The SMILES string of the molecule is CCC1(CNC(=O)C2CCCNC2C)CCCC1. The molecule has 0 bridgehead atoms. The normalized spacial score (nSPS) is 31.2. The summed E-state index contributed by atoms with van der Waals surface area (Å²) in [4.78, 5) is 12.3. The number of amides is 1. The van der Waals surface area contributed by atoms with Gasteiger partial charge in [-0.2, -0.15) is 0 Å². The third-order valence-corrected chi connectivity index (χ3v) is 5.15. The molecule has 2 atom stereocenters. The summed E-state index contributed by atoms with van der Waals surface area (Å²) in [6.07, 6.45) is 8.63. The van der Waals surface area contributed by atoms with Gasteiger partial charge in [-0.15, -0.1) is 0 Å². The van der Waals surface area contributed by atoms with Gasteiger partial charge in [-0.3, -0.25) is 4.79 Å². The third-order valence-electron chi connectivity index (χ3n) is 5.15. The second-order valence-corrected chi connectivity index (χ2v) is 6.27. The zero-order valence-electron chi connectivity index (χ0n) is 11.9. The topological polar surface area (TPSA) is 41.1 Å². The Hall–Kier alpha value is -0.570. The summed E-state index contributed by atoms with van der Waals surface area (Å²) < 4.78 is 0. The van der Waals surface area contributed by atoms with E-state index in [9.17, 15) is 4.79 Å². The van der Waals surface area contributed by atoms with Gasteiger partial charge in [0.2, 0.25) is 5.91 Å². The lowest BCUT2D eigenvalue weighted by atomic mass is 9.83. The third kappa shape index (κ3) is 3.05. The van der Waals surface area contributed by atoms with Gasteiger partial charge in [-0.05, 0) is 51.0 Å². The molecule has 2 aliphatic rings. The molecule has 2 unspecified atom stereocenters. The first-order valence-corrected chi connectivity index (χ1v) is 7.68. The molecule has 2 fully saturated rings. The van der Waals surface area contributed by atoms with Gasteiger partial charge in [0, 0.05) is 12.6 Å². The van der Waals surface area contributed by atoms with Crippen LogP contribution in [0.15, 0.2) is 0 Å². The molecule has 0 aromatic heterocycles. The second-order valence-electron chi connectivity index (χ2n) is 6.27. The molecule has 2 N–H and O–H groups in total. The van der Waals surface area contributed by atoms with Crippen LogP contribution in [0.2, 0.25) is 0 Å². The molecule has 3 nitrogen and oxygen atoms in total. The average molecular weight is 252 g/mol. The van der Waals surface area contributed by atoms with Gasteiger partial charge in [0.25, 0.3) is 0 Å². The van der Waals surface area contributed by atoms with Crippen LogP contribution in [0.4, 0.5) is 0 Å². The molecule has 0 aromatic carbocycles. The lowest BCUT2D eigenvalue weighted by Gasteiger charge is -2.32. The van der Waals surface area contributed by atoms with Crippen molar-refractivity contribution in [2.75, 3.05) is 13.1 Å². The van der Waals surface area contributed by atoms with Crippen LogP contribution in [0.25, 0.3) is 0 Å². The minimum Gasteiger partial charge on any atom is -0.355 e. The van der Waals surface area contributed by atoms with Gasteiger partial charge in [0.15, 0.2) is 0 Å². The van der Waals surface area contributed by atoms with E-state index in [1.807, 2.05) is 0 Å². The molecular weight excluding hydrogens is 224 g/mol. The van der Waals surface area contributed by atoms with Crippen molar-refractivity contribution in [1.29, 1.82) is 0 Å². The van der Waals surface area contributed by atoms with E-state index in [2.05, 4.69) is 24.5 Å². The molecule has 1 saturated heterocycles. The van der Waals surface area contributed by atoms with Crippen molar-refractivity contribution < 1.29 is 4.79 Å². The van der Waals surface area contributed by atoms with Crippen LogP contribution in [0.1, 0.15) is 58.8 Å². The number of hydrogen-bond acceptors (Lipinski definition) is 2. The van der Waals surface area contributed by atoms with E-state index in [1.165, 1.54) is 32.1 Å². The van der Waals surface area contributed by atoms with Crippen LogP contribution in [0.3, 0.4) is 0 Å². The van der Waals surface area contributed by atoms with Gasteiger partial charge in [0.1, 0.15) is 0 Å². The quantitative estimate of drug-likeness (QED) is 0.807. The van der Waals surface area contributed by atoms with E-state index in [0.29, 0.717) is 11.5 Å². The molecule has 1 saturated carbocycles. The average Bonchev–Trinajstić information content (AvgIpc) is 2.86. The van der Waals surface area contributed by atoms with E-state index >= 15 is 0 Å². The molecule has 1 aliphatic heterocycles. The van der Waals surface area contributed by atoms with Gasteiger partial charge < -0.3 is 10.6 Å². The van der Waals surface area contributed by atoms with Gasteiger partial charge in [0.05, 0.1) is 5.92 Å². The summed E-state index contributed by atoms with van der Waals surface area (Å²) in [5, 5.41) is 6.64. The highest BCUT2D eigenvalue weighted by molar-refractivity contribution is 5.79. The minimum atomic E-state index is 0.175. The monoisotopic (exact) mass is 252 g/mol. The summed E-state index contributed by atoms with van der Waals surface area (Å²) in [5.41, 5.74) is 0.404. The number of piperidine rings is 1. The summed E-state index contributed by atoms with van der Waals surface area (Å²) >= 11 is 0. The van der Waals surface area contributed by atoms with Crippen LogP contribution >= 0.6 is 0 Å². The Balaban J connectivity index is 1.83. The summed E-state index contributed by atoms with van der Waals surface area (Å²) in [7, 11) is 0. The van der Waals surface area contributed by atoms with Crippen molar-refractivity contribution in [3.63, 3.8) is 0 Å². The first-order valence-electron chi connectivity index (χ1n) is 7.68. The molecule has 0 radical (unpaired) electrons. The number of hydrogen-bond donors (Lipinski definition) is 2. The molecule has 2 rings (SSSR count). The van der Waals surface area contributed by atoms with Crippen molar-refractivity contribution in [2.45, 2.75) is 64.8 Å². The van der Waals surface area contributed by atoms with Crippen LogP contribution in [-0.2, 0) is 4.79 Å². The van der Waals surface area contributed by atoms with Crippen LogP contribution < -0.4 is 10.6 Å². The van der Waals surface area contributed by atoms with E-state index in [-0.39, 0.29) is 11.8 Å². The van der Waals surface area contributed by atoms with E-state index in [0.717, 1.165) is 25.9 Å². The lowest BCUT2D eigenvalue weighted by molar-refractivity contribution is -0.127. The molecule has 104 valence electrons. The Kier molecular flexibility index (Phi) is 4.66. The van der Waals surface area contributed by atoms with Crippen LogP contribution in [-0.4, -0.2) is 25.0 Å². The maximum absolute atomic E-state index is 12.3.